The van der Waals surface area contributed by atoms with E-state index >= 15 is 0 Å². The average molecular weight is 377 g/mol. The molecular formula is C22H23N3O3. The lowest BCUT2D eigenvalue weighted by Crippen LogP contribution is -2.63. The van der Waals surface area contributed by atoms with E-state index in [1.165, 1.54) is 0 Å². The van der Waals surface area contributed by atoms with Crippen molar-refractivity contribution in [1.29, 1.82) is 0 Å². The van der Waals surface area contributed by atoms with E-state index in [1.807, 2.05) is 43.3 Å². The molecule has 0 aromatic heterocycles. The number of hydrogen-bond acceptors (Lipinski definition) is 3. The van der Waals surface area contributed by atoms with Crippen LogP contribution in [0.2, 0.25) is 0 Å². The Hall–Kier alpha value is -3.15. The molecule has 0 N–H and O–H groups in total. The molecule has 0 aliphatic carbocycles. The summed E-state index contributed by atoms with van der Waals surface area (Å²) in [4.78, 5) is 43.6. The van der Waals surface area contributed by atoms with E-state index in [2.05, 4.69) is 0 Å². The van der Waals surface area contributed by atoms with Gasteiger partial charge in [-0.15, -0.1) is 0 Å². The predicted molar refractivity (Wildman–Crippen MR) is 106 cm³/mol. The predicted octanol–water partition coefficient (Wildman–Crippen LogP) is 2.64. The van der Waals surface area contributed by atoms with Crippen LogP contribution in [0.15, 0.2) is 54.6 Å². The van der Waals surface area contributed by atoms with E-state index in [-0.39, 0.29) is 24.3 Å². The zero-order chi connectivity index (χ0) is 19.9. The summed E-state index contributed by atoms with van der Waals surface area (Å²) in [6.07, 6.45) is 0.879. The van der Waals surface area contributed by atoms with Crippen molar-refractivity contribution in [2.24, 2.45) is 0 Å². The second-order valence-corrected chi connectivity index (χ2v) is 7.59. The molecule has 0 radical (unpaired) electrons. The van der Waals surface area contributed by atoms with Gasteiger partial charge in [0.05, 0.1) is 11.3 Å². The van der Waals surface area contributed by atoms with Crippen molar-refractivity contribution in [3.63, 3.8) is 0 Å². The first-order valence-electron chi connectivity index (χ1n) is 9.44. The third-order valence-corrected chi connectivity index (χ3v) is 5.73. The Labute approximate surface area is 164 Å². The Balaban J connectivity index is 1.61. The molecular weight excluding hydrogens is 354 g/mol. The van der Waals surface area contributed by atoms with Gasteiger partial charge >= 0.3 is 0 Å². The van der Waals surface area contributed by atoms with Crippen LogP contribution in [0, 0.1) is 0 Å². The molecule has 1 saturated heterocycles. The average Bonchev–Trinajstić information content (AvgIpc) is 3.01. The van der Waals surface area contributed by atoms with E-state index in [1.54, 1.807) is 39.9 Å². The van der Waals surface area contributed by atoms with Crippen molar-refractivity contribution >= 4 is 23.4 Å². The highest BCUT2D eigenvalue weighted by atomic mass is 16.2. The molecule has 144 valence electrons. The summed E-state index contributed by atoms with van der Waals surface area (Å²) in [5.74, 6) is -0.375. The molecule has 2 aromatic rings. The number of carbonyl (C=O) groups is 3. The summed E-state index contributed by atoms with van der Waals surface area (Å²) in [6.45, 7) is 2.28. The third kappa shape index (κ3) is 2.85. The second-order valence-electron chi connectivity index (χ2n) is 7.59. The first kappa shape index (κ1) is 18.2. The van der Waals surface area contributed by atoms with Crippen molar-refractivity contribution in [2.75, 3.05) is 18.5 Å². The van der Waals surface area contributed by atoms with Crippen molar-refractivity contribution in [3.8, 4) is 0 Å². The fourth-order valence-corrected chi connectivity index (χ4v) is 4.14. The molecule has 2 aliphatic heterocycles. The maximum absolute atomic E-state index is 13.2. The normalized spacial score (nSPS) is 20.8. The molecule has 4 rings (SSSR count). The van der Waals surface area contributed by atoms with Crippen LogP contribution in [0.1, 0.15) is 35.7 Å². The lowest BCUT2D eigenvalue weighted by atomic mass is 9.98. The summed E-state index contributed by atoms with van der Waals surface area (Å²) >= 11 is 0. The van der Waals surface area contributed by atoms with Gasteiger partial charge in [0.2, 0.25) is 11.8 Å². The standard InChI is InChI=1S/C22H23N3O3/c1-22-13-12-19(26)25(22)18-11-7-6-10-17(18)21(28)24(22)15-20(27)23(2)14-16-8-4-3-5-9-16/h3-11H,12-15H2,1-2H3. The number of nitrogens with zero attached hydrogens (tertiary/aromatic N) is 3. The zero-order valence-electron chi connectivity index (χ0n) is 16.1. The molecule has 2 aliphatic rings. The second kappa shape index (κ2) is 6.78. The van der Waals surface area contributed by atoms with Crippen molar-refractivity contribution in [3.05, 3.63) is 65.7 Å². The van der Waals surface area contributed by atoms with Crippen LogP contribution >= 0.6 is 0 Å². The van der Waals surface area contributed by atoms with Gasteiger partial charge in [-0.3, -0.25) is 19.3 Å². The lowest BCUT2D eigenvalue weighted by molar-refractivity contribution is -0.132. The molecule has 6 nitrogen and oxygen atoms in total. The number of carbonyl (C=O) groups excluding carboxylic acids is 3. The van der Waals surface area contributed by atoms with Gasteiger partial charge in [-0.25, -0.2) is 0 Å². The first-order valence-corrected chi connectivity index (χ1v) is 9.44. The van der Waals surface area contributed by atoms with Crippen LogP contribution in [-0.4, -0.2) is 46.8 Å². The molecule has 0 bridgehead atoms. The highest BCUT2D eigenvalue weighted by Gasteiger charge is 2.53. The number of likely N-dealkylation sites (N-methyl/N-ethyl adjacent to an activating group) is 1. The summed E-state index contributed by atoms with van der Waals surface area (Å²) in [5, 5.41) is 0. The van der Waals surface area contributed by atoms with Crippen LogP contribution in [0.4, 0.5) is 5.69 Å². The smallest absolute Gasteiger partial charge is 0.258 e. The highest BCUT2D eigenvalue weighted by molar-refractivity contribution is 6.11. The number of amides is 3. The highest BCUT2D eigenvalue weighted by Crippen LogP contribution is 2.43. The monoisotopic (exact) mass is 377 g/mol. The zero-order valence-corrected chi connectivity index (χ0v) is 16.1. The Morgan fingerprint density at radius 3 is 2.50 bits per heavy atom. The van der Waals surface area contributed by atoms with Gasteiger partial charge in [-0.2, -0.15) is 0 Å². The molecule has 6 heteroatoms. The van der Waals surface area contributed by atoms with Gasteiger partial charge in [0.1, 0.15) is 12.2 Å². The Bertz CT molecular complexity index is 943. The number of anilines is 1. The molecule has 2 heterocycles. The fourth-order valence-electron chi connectivity index (χ4n) is 4.14. The SMILES string of the molecule is CN(Cc1ccccc1)C(=O)CN1C(=O)c2ccccc2N2C(=O)CCC12C. The number of para-hydroxylation sites is 1. The Kier molecular flexibility index (Phi) is 4.41. The van der Waals surface area contributed by atoms with Gasteiger partial charge < -0.3 is 9.80 Å². The molecule has 1 atom stereocenters. The van der Waals surface area contributed by atoms with Crippen molar-refractivity contribution < 1.29 is 14.4 Å². The minimum Gasteiger partial charge on any atom is -0.340 e. The van der Waals surface area contributed by atoms with E-state index in [9.17, 15) is 14.4 Å². The van der Waals surface area contributed by atoms with E-state index in [0.717, 1.165) is 5.56 Å². The van der Waals surface area contributed by atoms with Gasteiger partial charge in [-0.1, -0.05) is 42.5 Å². The van der Waals surface area contributed by atoms with Crippen LogP contribution < -0.4 is 4.90 Å². The fraction of sp³-hybridized carbons (Fsp3) is 0.318. The Morgan fingerprint density at radius 2 is 1.75 bits per heavy atom. The van der Waals surface area contributed by atoms with E-state index in [0.29, 0.717) is 30.6 Å². The van der Waals surface area contributed by atoms with Crippen LogP contribution in [0.3, 0.4) is 0 Å². The summed E-state index contributed by atoms with van der Waals surface area (Å²) < 4.78 is 0. The lowest BCUT2D eigenvalue weighted by Gasteiger charge is -2.48. The minimum atomic E-state index is -0.814. The van der Waals surface area contributed by atoms with Gasteiger partial charge in [-0.05, 0) is 31.0 Å². The molecule has 28 heavy (non-hydrogen) atoms. The number of hydrogen-bond donors (Lipinski definition) is 0. The maximum Gasteiger partial charge on any atom is 0.258 e. The van der Waals surface area contributed by atoms with Gasteiger partial charge in [0.25, 0.3) is 5.91 Å². The number of fused-ring (bicyclic) bond motifs is 3. The summed E-state index contributed by atoms with van der Waals surface area (Å²) in [7, 11) is 1.73. The topological polar surface area (TPSA) is 60.9 Å². The molecule has 2 aromatic carbocycles. The van der Waals surface area contributed by atoms with Gasteiger partial charge in [0.15, 0.2) is 0 Å². The maximum atomic E-state index is 13.2. The number of rotatable bonds is 4. The molecule has 0 spiro atoms. The summed E-state index contributed by atoms with van der Waals surface area (Å²) in [5.41, 5.74) is 1.32. The van der Waals surface area contributed by atoms with Crippen LogP contribution in [-0.2, 0) is 16.1 Å². The number of benzene rings is 2. The van der Waals surface area contributed by atoms with Crippen molar-refractivity contribution in [2.45, 2.75) is 32.0 Å². The first-order chi connectivity index (χ1) is 13.4. The largest absolute Gasteiger partial charge is 0.340 e. The van der Waals surface area contributed by atoms with Crippen LogP contribution in [0.5, 0.6) is 0 Å². The van der Waals surface area contributed by atoms with Gasteiger partial charge in [0, 0.05) is 20.0 Å². The molecule has 1 unspecified atom stereocenters. The Morgan fingerprint density at radius 1 is 1.07 bits per heavy atom. The minimum absolute atomic E-state index is 0.0162. The van der Waals surface area contributed by atoms with E-state index in [4.69, 9.17) is 0 Å². The van der Waals surface area contributed by atoms with Crippen molar-refractivity contribution in [1.82, 2.24) is 9.80 Å². The quantitative estimate of drug-likeness (QED) is 0.823. The molecule has 1 fully saturated rings. The molecule has 3 amide bonds. The third-order valence-electron chi connectivity index (χ3n) is 5.73. The summed E-state index contributed by atoms with van der Waals surface area (Å²) in [6, 6.07) is 16.8. The van der Waals surface area contributed by atoms with Crippen LogP contribution in [0.25, 0.3) is 0 Å². The molecule has 0 saturated carbocycles. The van der Waals surface area contributed by atoms with E-state index < -0.39 is 5.66 Å².